The van der Waals surface area contributed by atoms with Crippen LogP contribution in [0.1, 0.15) is 79.1 Å². The van der Waals surface area contributed by atoms with E-state index in [9.17, 15) is 18.9 Å². The van der Waals surface area contributed by atoms with E-state index in [1.165, 1.54) is 0 Å². The first kappa shape index (κ1) is 30.5. The van der Waals surface area contributed by atoms with Gasteiger partial charge in [0.15, 0.2) is 0 Å². The molecule has 0 saturated carbocycles. The Hall–Kier alpha value is 0.794. The smallest absolute Gasteiger partial charge is 0.778 e. The zero-order valence-electron chi connectivity index (χ0n) is 16.1. The fourth-order valence-electron chi connectivity index (χ4n) is 1.53. The summed E-state index contributed by atoms with van der Waals surface area (Å²) in [6, 6.07) is 0. The largest absolute Gasteiger partial charge is 2.00 e. The van der Waals surface area contributed by atoms with E-state index in [1.54, 1.807) is 0 Å². The molecule has 0 radical (unpaired) electrons. The van der Waals surface area contributed by atoms with Gasteiger partial charge in [0.1, 0.15) is 15.2 Å². The van der Waals surface area contributed by atoms with E-state index >= 15 is 0 Å². The number of hydrogen-bond donors (Lipinski definition) is 0. The van der Waals surface area contributed by atoms with Crippen molar-refractivity contribution in [3.63, 3.8) is 0 Å². The maximum absolute atomic E-state index is 11.1. The van der Waals surface area contributed by atoms with Crippen molar-refractivity contribution in [3.8, 4) is 0 Å². The Morgan fingerprint density at radius 3 is 1.16 bits per heavy atom. The van der Waals surface area contributed by atoms with Crippen LogP contribution in [0.2, 0.25) is 0 Å². The van der Waals surface area contributed by atoms with Gasteiger partial charge in [-0.2, -0.15) is 0 Å². The Bertz CT molecular complexity index is 335. The second-order valence-corrected chi connectivity index (χ2v) is 9.60. The summed E-state index contributed by atoms with van der Waals surface area (Å²) in [6.45, 7) is 8.64. The summed E-state index contributed by atoms with van der Waals surface area (Å²) < 4.78 is 31.7. The molecule has 9 heteroatoms. The minimum Gasteiger partial charge on any atom is -0.778 e. The van der Waals surface area contributed by atoms with Gasteiger partial charge in [-0.15, -0.1) is 0 Å². The summed E-state index contributed by atoms with van der Waals surface area (Å²) in [7, 11) is -6.98. The molecule has 2 atom stereocenters. The van der Waals surface area contributed by atoms with Crippen molar-refractivity contribution >= 4 is 15.2 Å². The Labute approximate surface area is 164 Å². The van der Waals surface area contributed by atoms with Crippen LogP contribution in [0.15, 0.2) is 0 Å². The molecule has 0 heterocycles. The molecule has 0 aliphatic carbocycles. The quantitative estimate of drug-likeness (QED) is 0.225. The van der Waals surface area contributed by atoms with Crippen molar-refractivity contribution in [2.24, 2.45) is 0 Å². The van der Waals surface area contributed by atoms with Crippen molar-refractivity contribution in [1.82, 2.24) is 0 Å². The van der Waals surface area contributed by atoms with Gasteiger partial charge in [-0.05, 0) is 25.7 Å². The first-order valence-corrected chi connectivity index (χ1v) is 12.6. The standard InChI is InChI=1S/2C8H19O3P.Ni/c2*1-3-5-7-11-12(9,10)8-6-4-2;/h2*3-8H2,1-2H3,(H,9,10);/q;;+2/p-2. The molecule has 0 bridgehead atoms. The average Bonchev–Trinajstić information content (AvgIpc) is 2.52. The monoisotopic (exact) mass is 444 g/mol. The molecule has 0 aromatic heterocycles. The van der Waals surface area contributed by atoms with Crippen LogP contribution >= 0.6 is 15.2 Å². The Balaban J connectivity index is -0.000000372. The zero-order valence-corrected chi connectivity index (χ0v) is 18.9. The van der Waals surface area contributed by atoms with Crippen molar-refractivity contribution in [1.29, 1.82) is 0 Å². The number of hydrogen-bond acceptors (Lipinski definition) is 6. The van der Waals surface area contributed by atoms with Gasteiger partial charge in [0.25, 0.3) is 0 Å². The van der Waals surface area contributed by atoms with E-state index in [0.717, 1.165) is 38.5 Å². The molecule has 0 aromatic carbocycles. The Kier molecular flexibility index (Phi) is 23.9. The molecule has 25 heavy (non-hydrogen) atoms. The first-order chi connectivity index (χ1) is 11.2. The molecule has 6 nitrogen and oxygen atoms in total. The molecular formula is C16H36NiO6P2. The average molecular weight is 445 g/mol. The first-order valence-electron chi connectivity index (χ1n) is 9.13. The zero-order chi connectivity index (χ0) is 18.9. The van der Waals surface area contributed by atoms with Crippen LogP contribution < -0.4 is 9.79 Å². The number of unbranched alkanes of at least 4 members (excludes halogenated alkanes) is 4. The van der Waals surface area contributed by atoms with E-state index in [2.05, 4.69) is 0 Å². The van der Waals surface area contributed by atoms with E-state index in [-0.39, 0.29) is 28.8 Å². The molecule has 156 valence electrons. The van der Waals surface area contributed by atoms with Crippen LogP contribution in [-0.2, 0) is 34.7 Å². The fourth-order valence-corrected chi connectivity index (χ4v) is 4.01. The molecule has 0 N–H and O–H groups in total. The molecule has 0 saturated heterocycles. The maximum atomic E-state index is 11.1. The van der Waals surface area contributed by atoms with Gasteiger partial charge in [-0.3, -0.25) is 0 Å². The van der Waals surface area contributed by atoms with Gasteiger partial charge >= 0.3 is 16.5 Å². The third kappa shape index (κ3) is 24.8. The summed E-state index contributed by atoms with van der Waals surface area (Å²) in [4.78, 5) is 22.1. The van der Waals surface area contributed by atoms with Crippen LogP contribution in [0.25, 0.3) is 0 Å². The third-order valence-electron chi connectivity index (χ3n) is 3.14. The number of rotatable bonds is 14. The van der Waals surface area contributed by atoms with Crippen LogP contribution in [0, 0.1) is 0 Å². The summed E-state index contributed by atoms with van der Waals surface area (Å²) in [6.07, 6.45) is 7.13. The third-order valence-corrected chi connectivity index (χ3v) is 6.02. The molecule has 0 spiro atoms. The van der Waals surface area contributed by atoms with Gasteiger partial charge in [-0.25, -0.2) is 0 Å². The topological polar surface area (TPSA) is 98.7 Å². The molecule has 0 aliphatic heterocycles. The van der Waals surface area contributed by atoms with Gasteiger partial charge in [0, 0.05) is 12.3 Å². The van der Waals surface area contributed by atoms with Gasteiger partial charge in [0.05, 0.1) is 13.2 Å². The second-order valence-electron chi connectivity index (χ2n) is 5.75. The maximum Gasteiger partial charge on any atom is 2.00 e. The minimum absolute atomic E-state index is 0. The molecule has 0 fully saturated rings. The summed E-state index contributed by atoms with van der Waals surface area (Å²) in [5.74, 6) is 0. The van der Waals surface area contributed by atoms with Crippen molar-refractivity contribution < 1.29 is 44.5 Å². The van der Waals surface area contributed by atoms with E-state index in [0.29, 0.717) is 26.1 Å². The normalized spacial score (nSPS) is 15.3. The van der Waals surface area contributed by atoms with Crippen molar-refractivity contribution in [2.45, 2.75) is 79.1 Å². The van der Waals surface area contributed by atoms with Crippen LogP contribution in [0.3, 0.4) is 0 Å². The molecule has 0 aliphatic rings. The SMILES string of the molecule is CCCCOP(=O)([O-])CCCC.CCCCOP(=O)([O-])CCCC.[Ni+2]. The van der Waals surface area contributed by atoms with E-state index in [1.807, 2.05) is 27.7 Å². The second kappa shape index (κ2) is 19.6. The van der Waals surface area contributed by atoms with Crippen molar-refractivity contribution in [3.05, 3.63) is 0 Å². The predicted molar refractivity (Wildman–Crippen MR) is 96.5 cm³/mol. The molecule has 0 amide bonds. The van der Waals surface area contributed by atoms with Crippen LogP contribution in [-0.4, -0.2) is 25.5 Å². The van der Waals surface area contributed by atoms with Gasteiger partial charge < -0.3 is 28.0 Å². The molecule has 2 unspecified atom stereocenters. The van der Waals surface area contributed by atoms with Crippen LogP contribution in [0.4, 0.5) is 0 Å². The van der Waals surface area contributed by atoms with Gasteiger partial charge in [-0.1, -0.05) is 53.4 Å². The summed E-state index contributed by atoms with van der Waals surface area (Å²) in [5, 5.41) is 0. The molecule has 0 aromatic rings. The molecular weight excluding hydrogens is 409 g/mol. The molecule has 0 rings (SSSR count). The van der Waals surface area contributed by atoms with Crippen LogP contribution in [0.5, 0.6) is 0 Å². The summed E-state index contributed by atoms with van der Waals surface area (Å²) in [5.41, 5.74) is 0. The van der Waals surface area contributed by atoms with E-state index < -0.39 is 15.2 Å². The van der Waals surface area contributed by atoms with Gasteiger partial charge in [0.2, 0.25) is 0 Å². The van der Waals surface area contributed by atoms with Crippen molar-refractivity contribution in [2.75, 3.05) is 25.5 Å². The minimum atomic E-state index is -3.49. The Morgan fingerprint density at radius 2 is 0.920 bits per heavy atom. The summed E-state index contributed by atoms with van der Waals surface area (Å²) >= 11 is 0. The predicted octanol–water partition coefficient (Wildman–Crippen LogP) is 4.31. The fraction of sp³-hybridized carbons (Fsp3) is 1.00. The Morgan fingerprint density at radius 1 is 0.640 bits per heavy atom. The van der Waals surface area contributed by atoms with E-state index in [4.69, 9.17) is 9.05 Å².